The zero-order valence-electron chi connectivity index (χ0n) is 18.7. The van der Waals surface area contributed by atoms with Gasteiger partial charge in [-0.2, -0.15) is 0 Å². The minimum atomic E-state index is -0.465. The molecule has 0 spiro atoms. The van der Waals surface area contributed by atoms with Crippen molar-refractivity contribution >= 4 is 34.4 Å². The molecule has 0 unspecified atom stereocenters. The van der Waals surface area contributed by atoms with E-state index in [1.165, 1.54) is 0 Å². The lowest BCUT2D eigenvalue weighted by atomic mass is 10.0. The Morgan fingerprint density at radius 1 is 1.12 bits per heavy atom. The van der Waals surface area contributed by atoms with Gasteiger partial charge in [0.1, 0.15) is 11.6 Å². The number of piperazine rings is 1. The number of ether oxygens (including phenoxy) is 2. The van der Waals surface area contributed by atoms with Gasteiger partial charge in [0.05, 0.1) is 7.11 Å². The number of pyridine rings is 1. The zero-order chi connectivity index (χ0) is 23.5. The summed E-state index contributed by atoms with van der Waals surface area (Å²) in [7, 11) is 1.63. The molecule has 1 saturated heterocycles. The number of esters is 1. The summed E-state index contributed by atoms with van der Waals surface area (Å²) in [6.45, 7) is 2.59. The van der Waals surface area contributed by atoms with Gasteiger partial charge in [0, 0.05) is 44.1 Å². The van der Waals surface area contributed by atoms with E-state index in [0.717, 1.165) is 22.1 Å². The zero-order valence-corrected chi connectivity index (χ0v) is 18.7. The van der Waals surface area contributed by atoms with Crippen LogP contribution in [0.2, 0.25) is 0 Å². The largest absolute Gasteiger partial charge is 0.497 e. The molecule has 0 bridgehead atoms. The van der Waals surface area contributed by atoms with Gasteiger partial charge in [0.15, 0.2) is 11.7 Å². The highest BCUT2D eigenvalue weighted by molar-refractivity contribution is 6.16. The first-order valence-electron chi connectivity index (χ1n) is 11.0. The van der Waals surface area contributed by atoms with Crippen molar-refractivity contribution in [3.05, 3.63) is 78.3 Å². The summed E-state index contributed by atoms with van der Waals surface area (Å²) in [6.07, 6.45) is 3.43. The Morgan fingerprint density at radius 3 is 2.74 bits per heavy atom. The van der Waals surface area contributed by atoms with Crippen molar-refractivity contribution in [2.75, 3.05) is 38.6 Å². The molecule has 3 heterocycles. The molecule has 0 aliphatic carbocycles. The van der Waals surface area contributed by atoms with Crippen molar-refractivity contribution < 1.29 is 14.3 Å². The molecule has 1 aromatic heterocycles. The minimum Gasteiger partial charge on any atom is -0.497 e. The van der Waals surface area contributed by atoms with Gasteiger partial charge in [-0.05, 0) is 47.2 Å². The molecular weight excluding hydrogens is 432 g/mol. The van der Waals surface area contributed by atoms with Crippen LogP contribution in [0.5, 0.6) is 5.75 Å². The molecule has 9 heteroatoms. The number of fused-ring (bicyclic) bond motifs is 1. The molecule has 34 heavy (non-hydrogen) atoms. The fourth-order valence-corrected chi connectivity index (χ4v) is 3.97. The number of anilines is 1. The second-order valence-electron chi connectivity index (χ2n) is 7.93. The molecule has 3 aromatic rings. The number of cyclic esters (lactones) is 1. The normalized spacial score (nSPS) is 17.0. The number of hydrogen-bond acceptors (Lipinski definition) is 7. The average Bonchev–Trinajstić information content (AvgIpc) is 3.24. The minimum absolute atomic E-state index is 0.274. The van der Waals surface area contributed by atoms with Crippen LogP contribution in [-0.4, -0.2) is 65.9 Å². The van der Waals surface area contributed by atoms with Gasteiger partial charge in [0.25, 0.3) is 0 Å². The summed E-state index contributed by atoms with van der Waals surface area (Å²) >= 11 is 0. The van der Waals surface area contributed by atoms with Crippen LogP contribution >= 0.6 is 0 Å². The highest BCUT2D eigenvalue weighted by atomic mass is 16.6. The van der Waals surface area contributed by atoms with E-state index in [9.17, 15) is 4.79 Å². The summed E-state index contributed by atoms with van der Waals surface area (Å²) in [5.41, 5.74) is 1.03. The lowest BCUT2D eigenvalue weighted by Gasteiger charge is -2.35. The number of aromatic nitrogens is 1. The first-order valence-corrected chi connectivity index (χ1v) is 11.0. The number of guanidine groups is 1. The lowest BCUT2D eigenvalue weighted by molar-refractivity contribution is -0.130. The third-order valence-corrected chi connectivity index (χ3v) is 5.79. The van der Waals surface area contributed by atoms with Crippen LogP contribution in [0, 0.1) is 5.41 Å². The number of carbonyl (C=O) groups is 1. The smallest absolute Gasteiger partial charge is 0.365 e. The Balaban J connectivity index is 1.27. The molecule has 2 aromatic carbocycles. The lowest BCUT2D eigenvalue weighted by Crippen LogP contribution is -2.48. The van der Waals surface area contributed by atoms with Crippen LogP contribution in [0.4, 0.5) is 5.82 Å². The van der Waals surface area contributed by atoms with Gasteiger partial charge >= 0.3 is 5.97 Å². The molecule has 2 N–H and O–H groups in total. The predicted molar refractivity (Wildman–Crippen MR) is 130 cm³/mol. The van der Waals surface area contributed by atoms with Crippen molar-refractivity contribution in [1.82, 2.24) is 14.8 Å². The summed E-state index contributed by atoms with van der Waals surface area (Å²) in [5.74, 6) is 1.54. The van der Waals surface area contributed by atoms with Crippen LogP contribution in [0.15, 0.2) is 77.7 Å². The van der Waals surface area contributed by atoms with Crippen LogP contribution in [0.1, 0.15) is 5.56 Å². The second-order valence-corrected chi connectivity index (χ2v) is 7.93. The van der Waals surface area contributed by atoms with E-state index in [1.807, 2.05) is 64.4 Å². The Hall–Kier alpha value is -4.40. The number of aliphatic imine (C=N–C) groups is 1. The van der Waals surface area contributed by atoms with Crippen molar-refractivity contribution in [1.29, 1.82) is 5.41 Å². The maximum atomic E-state index is 12.5. The van der Waals surface area contributed by atoms with E-state index in [2.05, 4.69) is 15.3 Å². The van der Waals surface area contributed by atoms with Gasteiger partial charge in [-0.15, -0.1) is 0 Å². The average molecular weight is 457 g/mol. The molecule has 0 saturated carbocycles. The standard InChI is InChI=1S/C25H24N6O3/c1-33-18-8-9-19-17(15-18)5-4-6-20(19)23-28-21(24(32)34-23)16-30-11-13-31(14-12-30)25(26)29-22-7-2-3-10-27-22/h2-10,15-16H,11-14H2,1H3,(H2,26,27,29)/b21-16+. The van der Waals surface area contributed by atoms with Crippen LogP contribution in [0.25, 0.3) is 10.8 Å². The van der Waals surface area contributed by atoms with Gasteiger partial charge in [-0.3, -0.25) is 5.41 Å². The van der Waals surface area contributed by atoms with Crippen LogP contribution < -0.4 is 10.1 Å². The van der Waals surface area contributed by atoms with E-state index in [1.54, 1.807) is 19.5 Å². The monoisotopic (exact) mass is 456 g/mol. The van der Waals surface area contributed by atoms with Crippen molar-refractivity contribution in [2.24, 2.45) is 4.99 Å². The number of nitrogens with zero attached hydrogens (tertiary/aromatic N) is 4. The summed E-state index contributed by atoms with van der Waals surface area (Å²) < 4.78 is 10.8. The van der Waals surface area contributed by atoms with E-state index in [4.69, 9.17) is 14.9 Å². The SMILES string of the molecule is COc1ccc2c(C3=N/C(=C/N4CCN(C(=N)Nc5ccccn5)CC4)C(=O)O3)cccc2c1. The van der Waals surface area contributed by atoms with Crippen molar-refractivity contribution in [2.45, 2.75) is 0 Å². The molecule has 9 nitrogen and oxygen atoms in total. The highest BCUT2D eigenvalue weighted by Gasteiger charge is 2.27. The van der Waals surface area contributed by atoms with Crippen molar-refractivity contribution in [3.63, 3.8) is 0 Å². The van der Waals surface area contributed by atoms with Crippen LogP contribution in [-0.2, 0) is 9.53 Å². The van der Waals surface area contributed by atoms with Gasteiger partial charge in [-0.25, -0.2) is 14.8 Å². The van der Waals surface area contributed by atoms with E-state index < -0.39 is 5.97 Å². The predicted octanol–water partition coefficient (Wildman–Crippen LogP) is 3.05. The van der Waals surface area contributed by atoms with E-state index in [0.29, 0.717) is 43.9 Å². The maximum Gasteiger partial charge on any atom is 0.365 e. The summed E-state index contributed by atoms with van der Waals surface area (Å²) in [4.78, 5) is 25.2. The maximum absolute atomic E-state index is 12.5. The molecule has 1 fully saturated rings. The summed E-state index contributed by atoms with van der Waals surface area (Å²) in [5, 5.41) is 13.2. The number of rotatable bonds is 4. The third kappa shape index (κ3) is 4.40. The first kappa shape index (κ1) is 21.4. The second kappa shape index (κ2) is 9.22. The Morgan fingerprint density at radius 2 is 1.97 bits per heavy atom. The van der Waals surface area contributed by atoms with Gasteiger partial charge in [-0.1, -0.05) is 18.2 Å². The van der Waals surface area contributed by atoms with E-state index in [-0.39, 0.29) is 5.70 Å². The highest BCUT2D eigenvalue weighted by Crippen LogP contribution is 2.27. The Kier molecular flexibility index (Phi) is 5.82. The Bertz CT molecular complexity index is 1300. The Labute approximate surface area is 196 Å². The molecule has 0 radical (unpaired) electrons. The molecular formula is C25H24N6O3. The fourth-order valence-electron chi connectivity index (χ4n) is 3.97. The molecule has 0 amide bonds. The molecule has 2 aliphatic heterocycles. The van der Waals surface area contributed by atoms with Crippen LogP contribution in [0.3, 0.4) is 0 Å². The fraction of sp³-hybridized carbons (Fsp3) is 0.200. The quantitative estimate of drug-likeness (QED) is 0.269. The number of hydrogen-bond donors (Lipinski definition) is 2. The topological polar surface area (TPSA) is 103 Å². The molecule has 172 valence electrons. The molecule has 2 aliphatic rings. The molecule has 0 atom stereocenters. The van der Waals surface area contributed by atoms with Gasteiger partial charge < -0.3 is 24.6 Å². The number of nitrogens with one attached hydrogen (secondary N) is 2. The van der Waals surface area contributed by atoms with E-state index >= 15 is 0 Å². The van der Waals surface area contributed by atoms with Crippen molar-refractivity contribution in [3.8, 4) is 5.75 Å². The number of methoxy groups -OCH3 is 1. The number of benzene rings is 2. The third-order valence-electron chi connectivity index (χ3n) is 5.79. The van der Waals surface area contributed by atoms with Gasteiger partial charge in [0.2, 0.25) is 5.90 Å². The first-order chi connectivity index (χ1) is 16.6. The number of carbonyl (C=O) groups excluding carboxylic acids is 1. The summed E-state index contributed by atoms with van der Waals surface area (Å²) in [6, 6.07) is 17.1. The molecule has 5 rings (SSSR count).